The minimum Gasteiger partial charge on any atom is -0.481 e. The molecule has 1 atom stereocenters. The van der Waals surface area contributed by atoms with Gasteiger partial charge in [0.1, 0.15) is 5.75 Å². The Balaban J connectivity index is 1.71. The first-order valence-electron chi connectivity index (χ1n) is 7.54. The summed E-state index contributed by atoms with van der Waals surface area (Å²) in [5.41, 5.74) is 0. The maximum atomic E-state index is 11.9. The van der Waals surface area contributed by atoms with E-state index in [4.69, 9.17) is 16.3 Å². The highest BCUT2D eigenvalue weighted by Gasteiger charge is 2.19. The fourth-order valence-electron chi connectivity index (χ4n) is 2.36. The molecule has 1 heterocycles. The lowest BCUT2D eigenvalue weighted by molar-refractivity contribution is -0.130. The maximum absolute atomic E-state index is 11.9. The Morgan fingerprint density at radius 3 is 2.77 bits per heavy atom. The lowest BCUT2D eigenvalue weighted by Gasteiger charge is -2.17. The van der Waals surface area contributed by atoms with Gasteiger partial charge >= 0.3 is 0 Å². The third kappa shape index (κ3) is 4.91. The van der Waals surface area contributed by atoms with Crippen LogP contribution in [-0.2, 0) is 9.59 Å². The van der Waals surface area contributed by atoms with Crippen LogP contribution in [0.1, 0.15) is 26.2 Å². The van der Waals surface area contributed by atoms with Gasteiger partial charge in [0.15, 0.2) is 6.10 Å². The van der Waals surface area contributed by atoms with E-state index in [9.17, 15) is 9.59 Å². The third-order valence-electron chi connectivity index (χ3n) is 3.58. The fourth-order valence-corrected chi connectivity index (χ4v) is 2.54. The number of benzene rings is 1. The number of carbonyl (C=O) groups is 2. The molecule has 1 saturated heterocycles. The molecule has 0 spiro atoms. The van der Waals surface area contributed by atoms with Crippen LogP contribution in [-0.4, -0.2) is 42.5 Å². The van der Waals surface area contributed by atoms with Crippen molar-refractivity contribution in [3.05, 3.63) is 29.3 Å². The van der Waals surface area contributed by atoms with E-state index in [1.165, 1.54) is 0 Å². The Labute approximate surface area is 135 Å². The van der Waals surface area contributed by atoms with Crippen molar-refractivity contribution in [3.8, 4) is 5.75 Å². The van der Waals surface area contributed by atoms with E-state index in [-0.39, 0.29) is 11.8 Å². The van der Waals surface area contributed by atoms with E-state index in [1.54, 1.807) is 31.2 Å². The van der Waals surface area contributed by atoms with E-state index < -0.39 is 6.10 Å². The second-order valence-electron chi connectivity index (χ2n) is 5.35. The highest BCUT2D eigenvalue weighted by Crippen LogP contribution is 2.18. The standard InChI is InChI=1S/C16H21ClN2O3/c1-12(22-14-6-4-5-13(17)11-14)16(21)18-8-7-15(20)19-9-2-3-10-19/h4-6,11-12H,2-3,7-10H2,1H3,(H,18,21). The number of nitrogens with zero attached hydrogens (tertiary/aromatic N) is 1. The average Bonchev–Trinajstić information content (AvgIpc) is 3.01. The van der Waals surface area contributed by atoms with Crippen molar-refractivity contribution in [2.45, 2.75) is 32.3 Å². The van der Waals surface area contributed by atoms with Crippen molar-refractivity contribution < 1.29 is 14.3 Å². The van der Waals surface area contributed by atoms with Gasteiger partial charge in [-0.1, -0.05) is 17.7 Å². The van der Waals surface area contributed by atoms with E-state index in [2.05, 4.69) is 5.32 Å². The van der Waals surface area contributed by atoms with Gasteiger partial charge in [-0.3, -0.25) is 9.59 Å². The van der Waals surface area contributed by atoms with Gasteiger partial charge in [0.05, 0.1) is 0 Å². The molecule has 0 aliphatic carbocycles. The summed E-state index contributed by atoms with van der Waals surface area (Å²) in [5.74, 6) is 0.402. The molecule has 1 unspecified atom stereocenters. The van der Waals surface area contributed by atoms with Crippen molar-refractivity contribution in [2.24, 2.45) is 0 Å². The van der Waals surface area contributed by atoms with Crippen LogP contribution in [0.2, 0.25) is 5.02 Å². The Bertz CT molecular complexity index is 530. The van der Waals surface area contributed by atoms with Crippen LogP contribution in [0.25, 0.3) is 0 Å². The molecule has 6 heteroatoms. The molecule has 1 fully saturated rings. The van der Waals surface area contributed by atoms with Gasteiger partial charge in [0.2, 0.25) is 5.91 Å². The van der Waals surface area contributed by atoms with Gasteiger partial charge in [-0.15, -0.1) is 0 Å². The molecule has 22 heavy (non-hydrogen) atoms. The summed E-state index contributed by atoms with van der Waals surface area (Å²) in [4.78, 5) is 25.6. The zero-order valence-electron chi connectivity index (χ0n) is 12.7. The molecular formula is C16H21ClN2O3. The van der Waals surface area contributed by atoms with Gasteiger partial charge in [0, 0.05) is 31.1 Å². The molecule has 1 aliphatic heterocycles. The van der Waals surface area contributed by atoms with E-state index >= 15 is 0 Å². The molecule has 1 N–H and O–H groups in total. The van der Waals surface area contributed by atoms with Crippen LogP contribution in [0.4, 0.5) is 0 Å². The number of likely N-dealkylation sites (tertiary alicyclic amines) is 1. The Hall–Kier alpha value is -1.75. The number of ether oxygens (including phenoxy) is 1. The summed E-state index contributed by atoms with van der Waals surface area (Å²) in [5, 5.41) is 3.28. The first-order valence-corrected chi connectivity index (χ1v) is 7.92. The number of hydrogen-bond acceptors (Lipinski definition) is 3. The fraction of sp³-hybridized carbons (Fsp3) is 0.500. The number of amides is 2. The zero-order valence-corrected chi connectivity index (χ0v) is 13.4. The number of rotatable bonds is 6. The molecule has 0 bridgehead atoms. The van der Waals surface area contributed by atoms with Crippen molar-refractivity contribution in [3.63, 3.8) is 0 Å². The summed E-state index contributed by atoms with van der Waals surface area (Å²) in [6, 6.07) is 6.90. The van der Waals surface area contributed by atoms with Crippen LogP contribution in [0.15, 0.2) is 24.3 Å². The number of hydrogen-bond donors (Lipinski definition) is 1. The Kier molecular flexibility index (Phi) is 6.07. The second-order valence-corrected chi connectivity index (χ2v) is 5.78. The summed E-state index contributed by atoms with van der Waals surface area (Å²) in [7, 11) is 0. The SMILES string of the molecule is CC(Oc1cccc(Cl)c1)C(=O)NCCC(=O)N1CCCC1. The van der Waals surface area contributed by atoms with Gasteiger partial charge in [-0.05, 0) is 38.0 Å². The monoisotopic (exact) mass is 324 g/mol. The quantitative estimate of drug-likeness (QED) is 0.873. The normalized spacial score (nSPS) is 15.5. The molecule has 1 aromatic carbocycles. The number of halogens is 1. The van der Waals surface area contributed by atoms with Crippen LogP contribution >= 0.6 is 11.6 Å². The molecule has 120 valence electrons. The molecule has 0 radical (unpaired) electrons. The van der Waals surface area contributed by atoms with Crippen LogP contribution in [0.5, 0.6) is 5.75 Å². The predicted molar refractivity (Wildman–Crippen MR) is 85.0 cm³/mol. The largest absolute Gasteiger partial charge is 0.481 e. The molecular weight excluding hydrogens is 304 g/mol. The first-order chi connectivity index (χ1) is 10.6. The van der Waals surface area contributed by atoms with Gasteiger partial charge in [-0.2, -0.15) is 0 Å². The lowest BCUT2D eigenvalue weighted by Crippen LogP contribution is -2.38. The molecule has 0 saturated carbocycles. The highest BCUT2D eigenvalue weighted by atomic mass is 35.5. The van der Waals surface area contributed by atoms with Crippen LogP contribution in [0.3, 0.4) is 0 Å². The van der Waals surface area contributed by atoms with Gasteiger partial charge in [0.25, 0.3) is 5.91 Å². The minimum absolute atomic E-state index is 0.0983. The van der Waals surface area contributed by atoms with Crippen LogP contribution in [0, 0.1) is 0 Å². The third-order valence-corrected chi connectivity index (χ3v) is 3.81. The summed E-state index contributed by atoms with van der Waals surface area (Å²) in [6.45, 7) is 3.66. The number of nitrogens with one attached hydrogen (secondary N) is 1. The molecule has 0 aromatic heterocycles. The average molecular weight is 325 g/mol. The Morgan fingerprint density at radius 1 is 1.36 bits per heavy atom. The minimum atomic E-state index is -0.639. The van der Waals surface area contributed by atoms with Crippen molar-refractivity contribution in [1.82, 2.24) is 10.2 Å². The molecule has 2 rings (SSSR count). The van der Waals surface area contributed by atoms with Gasteiger partial charge in [-0.25, -0.2) is 0 Å². The number of carbonyl (C=O) groups excluding carboxylic acids is 2. The molecule has 1 aromatic rings. The van der Waals surface area contributed by atoms with Gasteiger partial charge < -0.3 is 15.0 Å². The topological polar surface area (TPSA) is 58.6 Å². The second kappa shape index (κ2) is 8.03. The maximum Gasteiger partial charge on any atom is 0.260 e. The van der Waals surface area contributed by atoms with E-state index in [0.29, 0.717) is 23.7 Å². The molecule has 5 nitrogen and oxygen atoms in total. The van der Waals surface area contributed by atoms with E-state index in [0.717, 1.165) is 25.9 Å². The van der Waals surface area contributed by atoms with Crippen LogP contribution < -0.4 is 10.1 Å². The van der Waals surface area contributed by atoms with Crippen molar-refractivity contribution in [1.29, 1.82) is 0 Å². The molecule has 2 amide bonds. The summed E-state index contributed by atoms with van der Waals surface area (Å²) >= 11 is 5.87. The molecule has 1 aliphatic rings. The smallest absolute Gasteiger partial charge is 0.260 e. The first kappa shape index (κ1) is 16.6. The van der Waals surface area contributed by atoms with E-state index in [1.807, 2.05) is 4.90 Å². The van der Waals surface area contributed by atoms with Crippen molar-refractivity contribution >= 4 is 23.4 Å². The zero-order chi connectivity index (χ0) is 15.9. The Morgan fingerprint density at radius 2 is 2.09 bits per heavy atom. The van der Waals surface area contributed by atoms with Crippen molar-refractivity contribution in [2.75, 3.05) is 19.6 Å². The summed E-state index contributed by atoms with van der Waals surface area (Å²) < 4.78 is 5.52. The lowest BCUT2D eigenvalue weighted by atomic mass is 10.3. The summed E-state index contributed by atoms with van der Waals surface area (Å²) in [6.07, 6.45) is 1.83. The highest BCUT2D eigenvalue weighted by molar-refractivity contribution is 6.30. The predicted octanol–water partition coefficient (Wildman–Crippen LogP) is 2.24.